The van der Waals surface area contributed by atoms with Crippen LogP contribution in [0.15, 0.2) is 55.1 Å². The summed E-state index contributed by atoms with van der Waals surface area (Å²) in [6.45, 7) is 6.43. The van der Waals surface area contributed by atoms with Gasteiger partial charge < -0.3 is 20.9 Å². The fraction of sp³-hybridized carbons (Fsp3) is 0.387. The van der Waals surface area contributed by atoms with E-state index >= 15 is 0 Å². The fourth-order valence-corrected chi connectivity index (χ4v) is 5.41. The minimum atomic E-state index is -0.803. The Morgan fingerprint density at radius 2 is 1.86 bits per heavy atom. The Balaban J connectivity index is 1.22. The van der Waals surface area contributed by atoms with Gasteiger partial charge in [-0.3, -0.25) is 9.78 Å². The number of amides is 1. The summed E-state index contributed by atoms with van der Waals surface area (Å²) in [5.41, 5.74) is 3.09. The summed E-state index contributed by atoms with van der Waals surface area (Å²) < 4.78 is 27.7. The highest BCUT2D eigenvalue weighted by molar-refractivity contribution is 6.06. The zero-order valence-corrected chi connectivity index (χ0v) is 24.1. The molecule has 5 rings (SSSR count). The van der Waals surface area contributed by atoms with E-state index in [4.69, 9.17) is 0 Å². The lowest BCUT2D eigenvalue weighted by molar-refractivity contribution is 0.0960. The molecule has 2 atom stereocenters. The highest BCUT2D eigenvalue weighted by Gasteiger charge is 2.21. The average molecular weight is 575 g/mol. The van der Waals surface area contributed by atoms with Crippen molar-refractivity contribution in [2.75, 3.05) is 43.9 Å². The van der Waals surface area contributed by atoms with Crippen LogP contribution in [0.25, 0.3) is 22.2 Å². The lowest BCUT2D eigenvalue weighted by Gasteiger charge is -2.32. The predicted octanol–water partition coefficient (Wildman–Crippen LogP) is 5.04. The van der Waals surface area contributed by atoms with E-state index in [2.05, 4.69) is 40.8 Å². The SMILES string of the molecule is CNC(=O)c1c(F)cnc2c([C@H](C)CNc3cc(-c4ccc(NC5CCN(CC(C)F)CC5)nc4)ncn3)cccc12. The first-order chi connectivity index (χ1) is 20.3. The molecule has 1 fully saturated rings. The van der Waals surface area contributed by atoms with Gasteiger partial charge in [0, 0.05) is 68.4 Å². The van der Waals surface area contributed by atoms with Crippen LogP contribution in [0.2, 0.25) is 0 Å². The molecule has 0 radical (unpaired) electrons. The van der Waals surface area contributed by atoms with Crippen molar-refractivity contribution in [3.05, 3.63) is 72.1 Å². The maximum absolute atomic E-state index is 14.4. The van der Waals surface area contributed by atoms with Crippen LogP contribution < -0.4 is 16.0 Å². The molecule has 3 N–H and O–H groups in total. The molecule has 4 heterocycles. The van der Waals surface area contributed by atoms with E-state index in [1.165, 1.54) is 13.4 Å². The average Bonchev–Trinajstić information content (AvgIpc) is 3.00. The lowest BCUT2D eigenvalue weighted by Crippen LogP contribution is -2.41. The number of benzene rings is 1. The quantitative estimate of drug-likeness (QED) is 0.242. The van der Waals surface area contributed by atoms with Gasteiger partial charge in [0.25, 0.3) is 5.91 Å². The van der Waals surface area contributed by atoms with Crippen LogP contribution in [0.1, 0.15) is 48.5 Å². The maximum Gasteiger partial charge on any atom is 0.254 e. The monoisotopic (exact) mass is 574 g/mol. The smallest absolute Gasteiger partial charge is 0.254 e. The van der Waals surface area contributed by atoms with Crippen molar-refractivity contribution in [2.24, 2.45) is 0 Å². The van der Waals surface area contributed by atoms with Crippen molar-refractivity contribution >= 4 is 28.4 Å². The summed E-state index contributed by atoms with van der Waals surface area (Å²) in [7, 11) is 1.48. The molecule has 0 aliphatic carbocycles. The second-order valence-corrected chi connectivity index (χ2v) is 10.8. The molecule has 3 aromatic heterocycles. The largest absolute Gasteiger partial charge is 0.369 e. The van der Waals surface area contributed by atoms with Crippen LogP contribution in [0.3, 0.4) is 0 Å². The van der Waals surface area contributed by atoms with Gasteiger partial charge in [0.15, 0.2) is 5.82 Å². The minimum absolute atomic E-state index is 0.00610. The molecule has 1 aromatic carbocycles. The van der Waals surface area contributed by atoms with Gasteiger partial charge >= 0.3 is 0 Å². The summed E-state index contributed by atoms with van der Waals surface area (Å²) in [5, 5.41) is 9.84. The first-order valence-electron chi connectivity index (χ1n) is 14.3. The summed E-state index contributed by atoms with van der Waals surface area (Å²) in [5.74, 6) is 0.317. The maximum atomic E-state index is 14.4. The van der Waals surface area contributed by atoms with Gasteiger partial charge in [-0.05, 0) is 37.5 Å². The number of hydrogen-bond donors (Lipinski definition) is 3. The fourth-order valence-electron chi connectivity index (χ4n) is 5.41. The van der Waals surface area contributed by atoms with Gasteiger partial charge in [-0.1, -0.05) is 25.1 Å². The molecule has 1 unspecified atom stereocenters. The number of piperidine rings is 1. The second-order valence-electron chi connectivity index (χ2n) is 10.8. The molecular weight excluding hydrogens is 538 g/mol. The third-order valence-corrected chi connectivity index (χ3v) is 7.63. The second kappa shape index (κ2) is 13.2. The van der Waals surface area contributed by atoms with Crippen LogP contribution in [-0.2, 0) is 0 Å². The number of alkyl halides is 1. The molecule has 220 valence electrons. The van der Waals surface area contributed by atoms with E-state index in [0.717, 1.165) is 54.8 Å². The lowest BCUT2D eigenvalue weighted by atomic mass is 9.96. The van der Waals surface area contributed by atoms with Crippen molar-refractivity contribution < 1.29 is 13.6 Å². The topological polar surface area (TPSA) is 108 Å². The molecule has 1 aliphatic rings. The first-order valence-corrected chi connectivity index (χ1v) is 14.3. The van der Waals surface area contributed by atoms with E-state index < -0.39 is 17.9 Å². The number of hydrogen-bond acceptors (Lipinski definition) is 8. The zero-order valence-electron chi connectivity index (χ0n) is 24.1. The third kappa shape index (κ3) is 6.79. The van der Waals surface area contributed by atoms with Gasteiger partial charge in [-0.2, -0.15) is 0 Å². The zero-order chi connectivity index (χ0) is 29.6. The molecule has 11 heteroatoms. The number of anilines is 2. The van der Waals surface area contributed by atoms with E-state index in [-0.39, 0.29) is 11.5 Å². The molecule has 1 aliphatic heterocycles. The molecule has 9 nitrogen and oxygen atoms in total. The van der Waals surface area contributed by atoms with Crippen molar-refractivity contribution in [3.8, 4) is 11.3 Å². The van der Waals surface area contributed by atoms with E-state index in [9.17, 15) is 13.6 Å². The van der Waals surface area contributed by atoms with E-state index in [1.54, 1.807) is 19.2 Å². The van der Waals surface area contributed by atoms with Crippen LogP contribution >= 0.6 is 0 Å². The Kier molecular flexibility index (Phi) is 9.16. The molecule has 0 bridgehead atoms. The molecule has 1 saturated heterocycles. The van der Waals surface area contributed by atoms with Gasteiger partial charge in [-0.15, -0.1) is 0 Å². The third-order valence-electron chi connectivity index (χ3n) is 7.63. The van der Waals surface area contributed by atoms with Crippen molar-refractivity contribution in [2.45, 2.75) is 44.8 Å². The van der Waals surface area contributed by atoms with Crippen LogP contribution in [0.4, 0.5) is 20.4 Å². The summed E-state index contributed by atoms with van der Waals surface area (Å²) >= 11 is 0. The van der Waals surface area contributed by atoms with Gasteiger partial charge in [0.05, 0.1) is 23.0 Å². The number of carbonyl (C=O) groups is 1. The number of carbonyl (C=O) groups excluding carboxylic acids is 1. The number of likely N-dealkylation sites (tertiary alicyclic amines) is 1. The normalized spacial score (nSPS) is 15.7. The van der Waals surface area contributed by atoms with Crippen molar-refractivity contribution in [3.63, 3.8) is 0 Å². The Morgan fingerprint density at radius 3 is 2.57 bits per heavy atom. The Morgan fingerprint density at radius 1 is 1.05 bits per heavy atom. The van der Waals surface area contributed by atoms with Gasteiger partial charge in [-0.25, -0.2) is 23.7 Å². The molecular formula is C31H36F2N8O. The number of nitrogens with zero attached hydrogens (tertiary/aromatic N) is 5. The van der Waals surface area contributed by atoms with Crippen LogP contribution in [0.5, 0.6) is 0 Å². The van der Waals surface area contributed by atoms with Crippen molar-refractivity contribution in [1.82, 2.24) is 30.2 Å². The highest BCUT2D eigenvalue weighted by Crippen LogP contribution is 2.28. The standard InChI is InChI=1S/C31H36F2N8O/c1-19(23-5-4-6-24-29(31(42)34-3)25(33)16-37-30(23)24)14-35-28-13-26(38-18-39-28)21-7-8-27(36-15-21)40-22-9-11-41(12-10-22)17-20(2)32/h4-8,13,15-16,18-20,22H,9-12,14,17H2,1-3H3,(H,34,42)(H,36,40)(H,35,38,39)/t19-,20?/m1/s1. The highest BCUT2D eigenvalue weighted by atomic mass is 19.1. The molecule has 0 saturated carbocycles. The number of fused-ring (bicyclic) bond motifs is 1. The molecule has 0 spiro atoms. The van der Waals surface area contributed by atoms with E-state index in [1.807, 2.05) is 37.3 Å². The van der Waals surface area contributed by atoms with Crippen LogP contribution in [-0.4, -0.2) is 76.2 Å². The minimum Gasteiger partial charge on any atom is -0.369 e. The number of rotatable bonds is 10. The van der Waals surface area contributed by atoms with Crippen molar-refractivity contribution in [1.29, 1.82) is 0 Å². The molecule has 1 amide bonds. The van der Waals surface area contributed by atoms with Crippen LogP contribution in [0, 0.1) is 5.82 Å². The summed E-state index contributed by atoms with van der Waals surface area (Å²) in [6.07, 6.45) is 5.51. The Bertz CT molecular complexity index is 1520. The van der Waals surface area contributed by atoms with Gasteiger partial charge in [0.2, 0.25) is 0 Å². The number of aromatic nitrogens is 4. The first kappa shape index (κ1) is 29.2. The molecule has 4 aromatic rings. The Hall–Kier alpha value is -4.25. The number of nitrogens with one attached hydrogen (secondary N) is 3. The summed E-state index contributed by atoms with van der Waals surface area (Å²) in [6, 6.07) is 11.6. The summed E-state index contributed by atoms with van der Waals surface area (Å²) in [4.78, 5) is 32.2. The van der Waals surface area contributed by atoms with Gasteiger partial charge in [0.1, 0.15) is 24.1 Å². The number of para-hydroxylation sites is 1. The number of pyridine rings is 2. The predicted molar refractivity (Wildman–Crippen MR) is 161 cm³/mol. The molecule has 42 heavy (non-hydrogen) atoms. The number of halogens is 2. The van der Waals surface area contributed by atoms with E-state index in [0.29, 0.717) is 35.9 Å². The Labute approximate surface area is 244 Å².